The molecule has 0 radical (unpaired) electrons. The lowest BCUT2D eigenvalue weighted by Gasteiger charge is -2.27. The summed E-state index contributed by atoms with van der Waals surface area (Å²) in [6.45, 7) is 0.603. The largest absolute Gasteiger partial charge is 0.394 e. The van der Waals surface area contributed by atoms with E-state index >= 15 is 0 Å². The van der Waals surface area contributed by atoms with Crippen LogP contribution in [0.15, 0.2) is 12.7 Å². The van der Waals surface area contributed by atoms with Gasteiger partial charge in [-0.3, -0.25) is 4.57 Å². The summed E-state index contributed by atoms with van der Waals surface area (Å²) in [6, 6.07) is 0. The number of imidazole rings is 1. The number of aromatic nitrogens is 4. The zero-order valence-corrected chi connectivity index (χ0v) is 13.2. The molecule has 4 atom stereocenters. The quantitative estimate of drug-likeness (QED) is 0.834. The van der Waals surface area contributed by atoms with E-state index in [2.05, 4.69) is 15.0 Å². The summed E-state index contributed by atoms with van der Waals surface area (Å²) < 4.78 is 19.4. The number of rotatable bonds is 4. The number of nitrogen functional groups attached to an aromatic ring is 1. The Hall–Kier alpha value is -1.81. The summed E-state index contributed by atoms with van der Waals surface area (Å²) in [5.74, 6) is 0.332. The molecule has 2 aliphatic heterocycles. The number of ether oxygens (including phenoxy) is 3. The van der Waals surface area contributed by atoms with Crippen LogP contribution in [0.1, 0.15) is 31.9 Å². The highest BCUT2D eigenvalue weighted by Crippen LogP contribution is 2.34. The highest BCUT2D eigenvalue weighted by atomic mass is 16.7. The lowest BCUT2D eigenvalue weighted by molar-refractivity contribution is -0.199. The number of nitrogens with two attached hydrogens (primary N) is 1. The van der Waals surface area contributed by atoms with Gasteiger partial charge >= 0.3 is 0 Å². The monoisotopic (exact) mass is 335 g/mol. The number of nitrogens with zero attached hydrogens (tertiary/aromatic N) is 4. The normalized spacial score (nSPS) is 30.9. The zero-order chi connectivity index (χ0) is 16.5. The third-order valence-electron chi connectivity index (χ3n) is 4.52. The fourth-order valence-corrected chi connectivity index (χ4v) is 3.27. The molecule has 2 aromatic heterocycles. The molecule has 4 heterocycles. The number of hydrogen-bond donors (Lipinski definition) is 2. The molecular weight excluding hydrogens is 314 g/mol. The van der Waals surface area contributed by atoms with Crippen LogP contribution < -0.4 is 5.73 Å². The predicted molar refractivity (Wildman–Crippen MR) is 83.8 cm³/mol. The molecule has 2 aliphatic rings. The molecular formula is C15H21N5O4. The third-order valence-corrected chi connectivity index (χ3v) is 4.52. The molecule has 0 spiro atoms. The zero-order valence-electron chi connectivity index (χ0n) is 13.2. The van der Waals surface area contributed by atoms with Crippen molar-refractivity contribution in [1.29, 1.82) is 0 Å². The van der Waals surface area contributed by atoms with Crippen molar-refractivity contribution < 1.29 is 19.3 Å². The van der Waals surface area contributed by atoms with Gasteiger partial charge < -0.3 is 25.1 Å². The van der Waals surface area contributed by atoms with Crippen molar-refractivity contribution in [2.45, 2.75) is 50.4 Å². The molecule has 0 aromatic carbocycles. The van der Waals surface area contributed by atoms with E-state index in [0.29, 0.717) is 30.0 Å². The fraction of sp³-hybridized carbons (Fsp3) is 0.667. The van der Waals surface area contributed by atoms with Crippen LogP contribution in [0.3, 0.4) is 0 Å². The number of hydrogen-bond acceptors (Lipinski definition) is 8. The summed E-state index contributed by atoms with van der Waals surface area (Å²) in [5, 5.41) is 9.62. The first-order chi connectivity index (χ1) is 11.8. The van der Waals surface area contributed by atoms with Crippen molar-refractivity contribution in [3.05, 3.63) is 12.7 Å². The van der Waals surface area contributed by atoms with Crippen LogP contribution in [0.5, 0.6) is 0 Å². The van der Waals surface area contributed by atoms with E-state index in [1.54, 1.807) is 10.9 Å². The molecule has 0 saturated carbocycles. The van der Waals surface area contributed by atoms with Crippen LogP contribution in [0.25, 0.3) is 11.2 Å². The molecule has 4 rings (SSSR count). The number of anilines is 1. The third kappa shape index (κ3) is 2.84. The van der Waals surface area contributed by atoms with E-state index in [1.807, 2.05) is 0 Å². The molecule has 2 saturated heterocycles. The number of fused-ring (bicyclic) bond motifs is 1. The second kappa shape index (κ2) is 6.60. The van der Waals surface area contributed by atoms with Gasteiger partial charge in [0.1, 0.15) is 24.2 Å². The van der Waals surface area contributed by atoms with E-state index in [9.17, 15) is 5.11 Å². The topological polar surface area (TPSA) is 118 Å². The molecule has 2 fully saturated rings. The minimum absolute atomic E-state index is 0.113. The van der Waals surface area contributed by atoms with Gasteiger partial charge in [-0.25, -0.2) is 15.0 Å². The van der Waals surface area contributed by atoms with Crippen molar-refractivity contribution in [2.24, 2.45) is 0 Å². The molecule has 130 valence electrons. The minimum atomic E-state index is -0.405. The van der Waals surface area contributed by atoms with Gasteiger partial charge in [0.05, 0.1) is 19.0 Å². The van der Waals surface area contributed by atoms with Crippen molar-refractivity contribution in [3.63, 3.8) is 0 Å². The molecule has 2 aromatic rings. The van der Waals surface area contributed by atoms with E-state index in [0.717, 1.165) is 19.3 Å². The molecule has 0 aliphatic carbocycles. The standard InChI is InChI=1S/C15H21N5O4/c16-14-13-15(18-7-17-14)20(8-19-13)11-5-9(10(6-21)23-11)24-12-3-1-2-4-22-12/h7-12,21H,1-6H2,(H2,16,17,18)/t9-,10+,11+,12?/m0/s1. The maximum absolute atomic E-state index is 9.62. The van der Waals surface area contributed by atoms with Gasteiger partial charge in [0.15, 0.2) is 17.8 Å². The van der Waals surface area contributed by atoms with Crippen molar-refractivity contribution in [1.82, 2.24) is 19.5 Å². The molecule has 9 nitrogen and oxygen atoms in total. The Kier molecular flexibility index (Phi) is 4.31. The van der Waals surface area contributed by atoms with Crippen molar-refractivity contribution in [3.8, 4) is 0 Å². The summed E-state index contributed by atoms with van der Waals surface area (Å²) >= 11 is 0. The lowest BCUT2D eigenvalue weighted by Crippen LogP contribution is -2.34. The summed E-state index contributed by atoms with van der Waals surface area (Å²) in [6.07, 6.45) is 5.46. The van der Waals surface area contributed by atoms with Gasteiger partial charge in [0.2, 0.25) is 0 Å². The number of aliphatic hydroxyl groups excluding tert-OH is 1. The minimum Gasteiger partial charge on any atom is -0.394 e. The van der Waals surface area contributed by atoms with Crippen LogP contribution in [-0.4, -0.2) is 56.3 Å². The maximum Gasteiger partial charge on any atom is 0.167 e. The highest BCUT2D eigenvalue weighted by Gasteiger charge is 2.39. The Balaban J connectivity index is 1.53. The predicted octanol–water partition coefficient (Wildman–Crippen LogP) is 0.600. The molecule has 0 bridgehead atoms. The van der Waals surface area contributed by atoms with E-state index < -0.39 is 6.10 Å². The molecule has 3 N–H and O–H groups in total. The van der Waals surface area contributed by atoms with Crippen LogP contribution in [-0.2, 0) is 14.2 Å². The van der Waals surface area contributed by atoms with Crippen LogP contribution in [0, 0.1) is 0 Å². The lowest BCUT2D eigenvalue weighted by atomic mass is 10.1. The van der Waals surface area contributed by atoms with Gasteiger partial charge in [-0.15, -0.1) is 0 Å². The molecule has 0 amide bonds. The smallest absolute Gasteiger partial charge is 0.167 e. The SMILES string of the molecule is Nc1ncnc2c1ncn2[C@H]1C[C@H](OC2CCCCO2)[C@@H](CO)O1. The van der Waals surface area contributed by atoms with Crippen molar-refractivity contribution >= 4 is 17.0 Å². The van der Waals surface area contributed by atoms with Gasteiger partial charge in [0, 0.05) is 13.0 Å². The van der Waals surface area contributed by atoms with E-state index in [-0.39, 0.29) is 25.2 Å². The second-order valence-corrected chi connectivity index (χ2v) is 6.10. The van der Waals surface area contributed by atoms with E-state index in [1.165, 1.54) is 6.33 Å². The van der Waals surface area contributed by atoms with Gasteiger partial charge in [0.25, 0.3) is 0 Å². The highest BCUT2D eigenvalue weighted by molar-refractivity contribution is 5.81. The summed E-state index contributed by atoms with van der Waals surface area (Å²) in [7, 11) is 0. The first-order valence-corrected chi connectivity index (χ1v) is 8.22. The Bertz CT molecular complexity index is 702. The second-order valence-electron chi connectivity index (χ2n) is 6.10. The molecule has 9 heteroatoms. The Morgan fingerprint density at radius 2 is 2.25 bits per heavy atom. The Morgan fingerprint density at radius 1 is 1.33 bits per heavy atom. The first-order valence-electron chi connectivity index (χ1n) is 8.22. The maximum atomic E-state index is 9.62. The fourth-order valence-electron chi connectivity index (χ4n) is 3.27. The Morgan fingerprint density at radius 3 is 3.04 bits per heavy atom. The van der Waals surface area contributed by atoms with E-state index in [4.69, 9.17) is 19.9 Å². The van der Waals surface area contributed by atoms with Crippen molar-refractivity contribution in [2.75, 3.05) is 18.9 Å². The van der Waals surface area contributed by atoms with Gasteiger partial charge in [-0.05, 0) is 19.3 Å². The van der Waals surface area contributed by atoms with Crippen LogP contribution in [0.2, 0.25) is 0 Å². The Labute approximate surface area is 138 Å². The average Bonchev–Trinajstić information content (AvgIpc) is 3.20. The van der Waals surface area contributed by atoms with Gasteiger partial charge in [-0.1, -0.05) is 0 Å². The summed E-state index contributed by atoms with van der Waals surface area (Å²) in [4.78, 5) is 12.4. The molecule has 1 unspecified atom stereocenters. The van der Waals surface area contributed by atoms with Crippen LogP contribution >= 0.6 is 0 Å². The number of aliphatic hydroxyl groups is 1. The first kappa shape index (κ1) is 15.7. The summed E-state index contributed by atoms with van der Waals surface area (Å²) in [5.41, 5.74) is 6.98. The van der Waals surface area contributed by atoms with Gasteiger partial charge in [-0.2, -0.15) is 0 Å². The average molecular weight is 335 g/mol. The molecule has 24 heavy (non-hydrogen) atoms. The van der Waals surface area contributed by atoms with Crippen LogP contribution in [0.4, 0.5) is 5.82 Å².